The summed E-state index contributed by atoms with van der Waals surface area (Å²) in [4.78, 5) is 18.8. The van der Waals surface area contributed by atoms with Gasteiger partial charge in [-0.2, -0.15) is 0 Å². The molecule has 21 heavy (non-hydrogen) atoms. The van der Waals surface area contributed by atoms with E-state index in [4.69, 9.17) is 0 Å². The van der Waals surface area contributed by atoms with E-state index in [0.717, 1.165) is 18.2 Å². The van der Waals surface area contributed by atoms with Gasteiger partial charge in [0.15, 0.2) is 0 Å². The van der Waals surface area contributed by atoms with E-state index >= 15 is 0 Å². The standard InChI is InChI=1S/C15H11F2N3O/c16-9-5-6-11(17)13(7-9)18-8-14-19-12-4-2-1-3-10(12)15(21)20-14/h1-7,18H,8H2,(H,19,20,21). The average molecular weight is 287 g/mol. The number of H-pyrrole nitrogens is 1. The van der Waals surface area contributed by atoms with Crippen LogP contribution in [0.15, 0.2) is 47.3 Å². The summed E-state index contributed by atoms with van der Waals surface area (Å²) < 4.78 is 26.5. The van der Waals surface area contributed by atoms with Crippen molar-refractivity contribution in [1.82, 2.24) is 9.97 Å². The predicted octanol–water partition coefficient (Wildman–Crippen LogP) is 2.81. The maximum atomic E-state index is 13.5. The van der Waals surface area contributed by atoms with Crippen LogP contribution in [0.1, 0.15) is 5.82 Å². The van der Waals surface area contributed by atoms with Crippen molar-refractivity contribution < 1.29 is 8.78 Å². The molecule has 6 heteroatoms. The van der Waals surface area contributed by atoms with Crippen LogP contribution in [0.3, 0.4) is 0 Å². The second kappa shape index (κ2) is 5.32. The van der Waals surface area contributed by atoms with Gasteiger partial charge in [0, 0.05) is 0 Å². The Morgan fingerprint density at radius 2 is 1.95 bits per heavy atom. The third-order valence-electron chi connectivity index (χ3n) is 3.04. The molecule has 3 rings (SSSR count). The summed E-state index contributed by atoms with van der Waals surface area (Å²) in [5.41, 5.74) is 0.306. The average Bonchev–Trinajstić information content (AvgIpc) is 2.48. The van der Waals surface area contributed by atoms with Gasteiger partial charge in [-0.15, -0.1) is 0 Å². The van der Waals surface area contributed by atoms with Gasteiger partial charge in [-0.05, 0) is 30.3 Å². The summed E-state index contributed by atoms with van der Waals surface area (Å²) >= 11 is 0. The van der Waals surface area contributed by atoms with Gasteiger partial charge in [0.1, 0.15) is 17.5 Å². The normalized spacial score (nSPS) is 10.8. The fraction of sp³-hybridized carbons (Fsp3) is 0.0667. The topological polar surface area (TPSA) is 57.8 Å². The molecular formula is C15H11F2N3O. The zero-order valence-electron chi connectivity index (χ0n) is 10.9. The van der Waals surface area contributed by atoms with Gasteiger partial charge in [0.25, 0.3) is 5.56 Å². The van der Waals surface area contributed by atoms with E-state index < -0.39 is 11.6 Å². The Hall–Kier alpha value is -2.76. The fourth-order valence-corrected chi connectivity index (χ4v) is 2.03. The van der Waals surface area contributed by atoms with E-state index in [9.17, 15) is 13.6 Å². The van der Waals surface area contributed by atoms with E-state index in [1.807, 2.05) is 0 Å². The Kier molecular flexibility index (Phi) is 3.35. The van der Waals surface area contributed by atoms with E-state index in [-0.39, 0.29) is 17.8 Å². The van der Waals surface area contributed by atoms with Crippen molar-refractivity contribution in [1.29, 1.82) is 0 Å². The highest BCUT2D eigenvalue weighted by Gasteiger charge is 2.06. The summed E-state index contributed by atoms with van der Waals surface area (Å²) in [5, 5.41) is 3.20. The van der Waals surface area contributed by atoms with Gasteiger partial charge in [0.2, 0.25) is 0 Å². The Bertz CT molecular complexity index is 861. The van der Waals surface area contributed by atoms with Gasteiger partial charge in [-0.3, -0.25) is 4.79 Å². The quantitative estimate of drug-likeness (QED) is 0.778. The number of anilines is 1. The van der Waals surface area contributed by atoms with E-state index in [2.05, 4.69) is 15.3 Å². The van der Waals surface area contributed by atoms with Gasteiger partial charge >= 0.3 is 0 Å². The first-order valence-corrected chi connectivity index (χ1v) is 6.30. The Labute approximate surface area is 118 Å². The number of fused-ring (bicyclic) bond motifs is 1. The van der Waals surface area contributed by atoms with E-state index in [1.54, 1.807) is 24.3 Å². The fourth-order valence-electron chi connectivity index (χ4n) is 2.03. The molecule has 106 valence electrons. The molecule has 0 aliphatic rings. The van der Waals surface area contributed by atoms with Crippen molar-refractivity contribution in [2.75, 3.05) is 5.32 Å². The summed E-state index contributed by atoms with van der Waals surface area (Å²) in [6, 6.07) is 10.0. The molecule has 4 nitrogen and oxygen atoms in total. The van der Waals surface area contributed by atoms with E-state index in [0.29, 0.717) is 16.7 Å². The van der Waals surface area contributed by atoms with Crippen LogP contribution in [0.4, 0.5) is 14.5 Å². The van der Waals surface area contributed by atoms with Crippen molar-refractivity contribution in [3.8, 4) is 0 Å². The van der Waals surface area contributed by atoms with Crippen LogP contribution >= 0.6 is 0 Å². The number of benzene rings is 2. The lowest BCUT2D eigenvalue weighted by Crippen LogP contribution is -2.14. The summed E-state index contributed by atoms with van der Waals surface area (Å²) in [6.07, 6.45) is 0. The van der Waals surface area contributed by atoms with Crippen LogP contribution in [-0.2, 0) is 6.54 Å². The number of nitrogens with zero attached hydrogens (tertiary/aromatic N) is 1. The van der Waals surface area contributed by atoms with Crippen LogP contribution in [0.5, 0.6) is 0 Å². The first-order chi connectivity index (χ1) is 10.1. The third-order valence-corrected chi connectivity index (χ3v) is 3.04. The first kappa shape index (κ1) is 13.2. The minimum Gasteiger partial charge on any atom is -0.375 e. The zero-order chi connectivity index (χ0) is 14.8. The zero-order valence-corrected chi connectivity index (χ0v) is 10.9. The molecule has 0 fully saturated rings. The molecule has 1 heterocycles. The van der Waals surface area contributed by atoms with Gasteiger partial charge in [-0.1, -0.05) is 12.1 Å². The van der Waals surface area contributed by atoms with Crippen molar-refractivity contribution in [2.45, 2.75) is 6.54 Å². The number of aromatic amines is 1. The maximum absolute atomic E-state index is 13.5. The molecule has 0 aliphatic carbocycles. The molecule has 3 aromatic rings. The number of para-hydroxylation sites is 1. The van der Waals surface area contributed by atoms with Crippen molar-refractivity contribution in [3.05, 3.63) is 70.3 Å². The maximum Gasteiger partial charge on any atom is 0.258 e. The Morgan fingerprint density at radius 1 is 1.14 bits per heavy atom. The smallest absolute Gasteiger partial charge is 0.258 e. The largest absolute Gasteiger partial charge is 0.375 e. The molecule has 0 saturated heterocycles. The molecule has 0 amide bonds. The van der Waals surface area contributed by atoms with Gasteiger partial charge in [0.05, 0.1) is 23.1 Å². The molecule has 0 saturated carbocycles. The van der Waals surface area contributed by atoms with Crippen LogP contribution < -0.4 is 10.9 Å². The van der Waals surface area contributed by atoms with Crippen LogP contribution in [-0.4, -0.2) is 9.97 Å². The number of hydrogen-bond acceptors (Lipinski definition) is 3. The van der Waals surface area contributed by atoms with Crippen LogP contribution in [0.25, 0.3) is 10.9 Å². The van der Waals surface area contributed by atoms with Crippen LogP contribution in [0.2, 0.25) is 0 Å². The second-order valence-corrected chi connectivity index (χ2v) is 4.51. The molecule has 0 aliphatic heterocycles. The first-order valence-electron chi connectivity index (χ1n) is 6.30. The summed E-state index contributed by atoms with van der Waals surface area (Å²) in [6.45, 7) is 0.0838. The minimum absolute atomic E-state index is 0.0193. The molecule has 1 aromatic heterocycles. The Morgan fingerprint density at radius 3 is 2.81 bits per heavy atom. The highest BCUT2D eigenvalue weighted by Crippen LogP contribution is 2.16. The molecule has 2 aromatic carbocycles. The lowest BCUT2D eigenvalue weighted by Gasteiger charge is -2.07. The molecule has 0 bridgehead atoms. The number of hydrogen-bond donors (Lipinski definition) is 2. The number of rotatable bonds is 3. The predicted molar refractivity (Wildman–Crippen MR) is 76.0 cm³/mol. The number of nitrogens with one attached hydrogen (secondary N) is 2. The van der Waals surface area contributed by atoms with Gasteiger partial charge in [-0.25, -0.2) is 13.8 Å². The summed E-state index contributed by atoms with van der Waals surface area (Å²) in [7, 11) is 0. The SMILES string of the molecule is O=c1[nH]c(CNc2cc(F)ccc2F)nc2ccccc12. The number of halogens is 2. The third kappa shape index (κ3) is 2.74. The van der Waals surface area contributed by atoms with Crippen LogP contribution in [0, 0.1) is 11.6 Å². The Balaban J connectivity index is 1.88. The summed E-state index contributed by atoms with van der Waals surface area (Å²) in [5.74, 6) is -0.763. The monoisotopic (exact) mass is 287 g/mol. The van der Waals surface area contributed by atoms with Crippen molar-refractivity contribution in [2.24, 2.45) is 0 Å². The molecule has 0 radical (unpaired) electrons. The van der Waals surface area contributed by atoms with E-state index in [1.165, 1.54) is 0 Å². The molecule has 0 unspecified atom stereocenters. The second-order valence-electron chi connectivity index (χ2n) is 4.51. The lowest BCUT2D eigenvalue weighted by atomic mass is 10.2. The van der Waals surface area contributed by atoms with Crippen molar-refractivity contribution in [3.63, 3.8) is 0 Å². The lowest BCUT2D eigenvalue weighted by molar-refractivity contribution is 0.602. The highest BCUT2D eigenvalue weighted by molar-refractivity contribution is 5.77. The van der Waals surface area contributed by atoms with Crippen molar-refractivity contribution >= 4 is 16.6 Å². The highest BCUT2D eigenvalue weighted by atomic mass is 19.1. The molecule has 2 N–H and O–H groups in total. The molecule has 0 atom stereocenters. The molecule has 0 spiro atoms. The minimum atomic E-state index is -0.570. The molecular weight excluding hydrogens is 276 g/mol. The number of aromatic nitrogens is 2. The van der Waals surface area contributed by atoms with Gasteiger partial charge < -0.3 is 10.3 Å².